The average Bonchev–Trinajstić information content (AvgIpc) is 3.07. The van der Waals surface area contributed by atoms with E-state index in [0.717, 1.165) is 45.1 Å². The number of likely N-dealkylation sites (tertiary alicyclic amines) is 1. The van der Waals surface area contributed by atoms with Gasteiger partial charge in [0.25, 0.3) is 0 Å². The lowest BCUT2D eigenvalue weighted by molar-refractivity contribution is -0.138. The van der Waals surface area contributed by atoms with Gasteiger partial charge in [0.05, 0.1) is 6.10 Å². The van der Waals surface area contributed by atoms with E-state index in [-0.39, 0.29) is 12.0 Å². The molecule has 5 atom stereocenters. The number of aliphatic hydroxyl groups is 1. The summed E-state index contributed by atoms with van der Waals surface area (Å²) in [6, 6.07) is 0.331. The molecule has 3 heteroatoms. The molecule has 2 saturated carbocycles. The quantitative estimate of drug-likeness (QED) is 0.833. The Hall–Kier alpha value is -0.570. The predicted octanol–water partition coefficient (Wildman–Crippen LogP) is 2.57. The van der Waals surface area contributed by atoms with E-state index in [2.05, 4.69) is 11.8 Å². The van der Waals surface area contributed by atoms with Crippen molar-refractivity contribution in [3.8, 4) is 0 Å². The second kappa shape index (κ2) is 5.43. The van der Waals surface area contributed by atoms with Gasteiger partial charge in [0.2, 0.25) is 5.91 Å². The van der Waals surface area contributed by atoms with Gasteiger partial charge in [-0.25, -0.2) is 0 Å². The normalized spacial score (nSPS) is 43.1. The molecule has 0 aromatic heterocycles. The van der Waals surface area contributed by atoms with Crippen LogP contribution in [0.1, 0.15) is 58.3 Å². The van der Waals surface area contributed by atoms with E-state index in [1.54, 1.807) is 0 Å². The molecule has 1 aliphatic heterocycles. The van der Waals surface area contributed by atoms with Crippen molar-refractivity contribution in [1.29, 1.82) is 0 Å². The van der Waals surface area contributed by atoms with Crippen molar-refractivity contribution in [3.63, 3.8) is 0 Å². The van der Waals surface area contributed by atoms with Crippen molar-refractivity contribution in [2.75, 3.05) is 6.54 Å². The molecular weight excluding hydrogens is 238 g/mol. The first-order chi connectivity index (χ1) is 9.18. The highest BCUT2D eigenvalue weighted by molar-refractivity contribution is 5.80. The van der Waals surface area contributed by atoms with Crippen LogP contribution in [-0.4, -0.2) is 34.6 Å². The topological polar surface area (TPSA) is 40.5 Å². The van der Waals surface area contributed by atoms with E-state index in [4.69, 9.17) is 0 Å². The third-order valence-electron chi connectivity index (χ3n) is 5.79. The van der Waals surface area contributed by atoms with E-state index in [0.29, 0.717) is 23.8 Å². The standard InChI is InChI=1S/C16H27NO2/c1-11-5-2-6-12(11)16(19)17-10-4-8-14(17)13-7-3-9-15(13)18/h11-15,18H,2-10H2,1H3. The summed E-state index contributed by atoms with van der Waals surface area (Å²) in [5.74, 6) is 1.57. The third-order valence-corrected chi connectivity index (χ3v) is 5.79. The Balaban J connectivity index is 1.70. The van der Waals surface area contributed by atoms with E-state index in [1.165, 1.54) is 12.8 Å². The first-order valence-electron chi connectivity index (χ1n) is 8.17. The zero-order valence-corrected chi connectivity index (χ0v) is 12.1. The molecule has 108 valence electrons. The highest BCUT2D eigenvalue weighted by atomic mass is 16.3. The number of carbonyl (C=O) groups is 1. The maximum Gasteiger partial charge on any atom is 0.226 e. The Bertz CT molecular complexity index is 344. The predicted molar refractivity (Wildman–Crippen MR) is 74.6 cm³/mol. The molecule has 3 aliphatic rings. The SMILES string of the molecule is CC1CCCC1C(=O)N1CCCC1C1CCCC1O. The fourth-order valence-electron chi connectivity index (χ4n) is 4.65. The molecule has 1 N–H and O–H groups in total. The minimum atomic E-state index is -0.167. The summed E-state index contributed by atoms with van der Waals surface area (Å²) >= 11 is 0. The van der Waals surface area contributed by atoms with Crippen LogP contribution in [0.4, 0.5) is 0 Å². The average molecular weight is 265 g/mol. The van der Waals surface area contributed by atoms with Crippen LogP contribution in [0.5, 0.6) is 0 Å². The highest BCUT2D eigenvalue weighted by Gasteiger charge is 2.43. The van der Waals surface area contributed by atoms with Gasteiger partial charge >= 0.3 is 0 Å². The molecule has 1 saturated heterocycles. The Morgan fingerprint density at radius 1 is 1.05 bits per heavy atom. The summed E-state index contributed by atoms with van der Waals surface area (Å²) in [4.78, 5) is 14.9. The second-order valence-electron chi connectivity index (χ2n) is 6.92. The lowest BCUT2D eigenvalue weighted by atomic mass is 9.91. The molecule has 19 heavy (non-hydrogen) atoms. The highest BCUT2D eigenvalue weighted by Crippen LogP contribution is 2.39. The Morgan fingerprint density at radius 2 is 1.84 bits per heavy atom. The van der Waals surface area contributed by atoms with Gasteiger partial charge in [-0.15, -0.1) is 0 Å². The van der Waals surface area contributed by atoms with Crippen molar-refractivity contribution in [1.82, 2.24) is 4.90 Å². The van der Waals surface area contributed by atoms with Crippen LogP contribution in [0, 0.1) is 17.8 Å². The molecular formula is C16H27NO2. The van der Waals surface area contributed by atoms with Crippen LogP contribution in [-0.2, 0) is 4.79 Å². The van der Waals surface area contributed by atoms with Gasteiger partial charge in [0, 0.05) is 24.4 Å². The van der Waals surface area contributed by atoms with Gasteiger partial charge in [0.15, 0.2) is 0 Å². The van der Waals surface area contributed by atoms with Gasteiger partial charge in [0.1, 0.15) is 0 Å². The number of hydrogen-bond donors (Lipinski definition) is 1. The zero-order valence-electron chi connectivity index (χ0n) is 12.1. The van der Waals surface area contributed by atoms with Crippen molar-refractivity contribution in [2.45, 2.75) is 70.4 Å². The minimum Gasteiger partial charge on any atom is -0.393 e. The second-order valence-corrected chi connectivity index (χ2v) is 6.92. The summed E-state index contributed by atoms with van der Waals surface area (Å²) in [7, 11) is 0. The van der Waals surface area contributed by atoms with E-state index < -0.39 is 0 Å². The first kappa shape index (κ1) is 13.4. The van der Waals surface area contributed by atoms with Crippen LogP contribution in [0.3, 0.4) is 0 Å². The van der Waals surface area contributed by atoms with Crippen LogP contribution in [0.2, 0.25) is 0 Å². The Morgan fingerprint density at radius 3 is 2.47 bits per heavy atom. The monoisotopic (exact) mass is 265 g/mol. The van der Waals surface area contributed by atoms with Crippen molar-refractivity contribution >= 4 is 5.91 Å². The molecule has 3 nitrogen and oxygen atoms in total. The van der Waals surface area contributed by atoms with E-state index >= 15 is 0 Å². The number of hydrogen-bond acceptors (Lipinski definition) is 2. The van der Waals surface area contributed by atoms with Gasteiger partial charge in [-0.1, -0.05) is 19.8 Å². The van der Waals surface area contributed by atoms with E-state index in [1.807, 2.05) is 0 Å². The summed E-state index contributed by atoms with van der Waals surface area (Å²) in [6.07, 6.45) is 8.73. The van der Waals surface area contributed by atoms with Gasteiger partial charge < -0.3 is 10.0 Å². The zero-order chi connectivity index (χ0) is 13.4. The minimum absolute atomic E-state index is 0.167. The Kier molecular flexibility index (Phi) is 3.84. The van der Waals surface area contributed by atoms with Gasteiger partial charge in [-0.3, -0.25) is 4.79 Å². The Labute approximate surface area is 116 Å². The number of carbonyl (C=O) groups excluding carboxylic acids is 1. The maximum atomic E-state index is 12.8. The van der Waals surface area contributed by atoms with Crippen LogP contribution in [0.15, 0.2) is 0 Å². The molecule has 0 aromatic rings. The molecule has 3 rings (SSSR count). The summed E-state index contributed by atoms with van der Waals surface area (Å²) in [6.45, 7) is 3.15. The summed E-state index contributed by atoms with van der Waals surface area (Å²) in [5, 5.41) is 10.1. The number of rotatable bonds is 2. The lowest BCUT2D eigenvalue weighted by Gasteiger charge is -2.33. The van der Waals surface area contributed by atoms with Crippen molar-refractivity contribution in [3.05, 3.63) is 0 Å². The molecule has 0 bridgehead atoms. The third kappa shape index (κ3) is 2.42. The first-order valence-corrected chi connectivity index (χ1v) is 8.17. The lowest BCUT2D eigenvalue weighted by Crippen LogP contribution is -2.45. The van der Waals surface area contributed by atoms with Crippen LogP contribution < -0.4 is 0 Å². The molecule has 2 aliphatic carbocycles. The molecule has 0 aromatic carbocycles. The molecule has 0 spiro atoms. The molecule has 3 fully saturated rings. The molecule has 5 unspecified atom stereocenters. The van der Waals surface area contributed by atoms with Crippen LogP contribution >= 0.6 is 0 Å². The summed E-state index contributed by atoms with van der Waals surface area (Å²) in [5.41, 5.74) is 0. The fraction of sp³-hybridized carbons (Fsp3) is 0.938. The van der Waals surface area contributed by atoms with Crippen molar-refractivity contribution < 1.29 is 9.90 Å². The number of aliphatic hydroxyl groups excluding tert-OH is 1. The van der Waals surface area contributed by atoms with Crippen molar-refractivity contribution in [2.24, 2.45) is 17.8 Å². The maximum absolute atomic E-state index is 12.8. The largest absolute Gasteiger partial charge is 0.393 e. The van der Waals surface area contributed by atoms with E-state index in [9.17, 15) is 9.90 Å². The number of amides is 1. The molecule has 0 radical (unpaired) electrons. The van der Waals surface area contributed by atoms with Gasteiger partial charge in [-0.05, 0) is 44.4 Å². The molecule has 1 amide bonds. The smallest absolute Gasteiger partial charge is 0.226 e. The molecule has 1 heterocycles. The fourth-order valence-corrected chi connectivity index (χ4v) is 4.65. The summed E-state index contributed by atoms with van der Waals surface area (Å²) < 4.78 is 0. The van der Waals surface area contributed by atoms with Crippen LogP contribution in [0.25, 0.3) is 0 Å². The van der Waals surface area contributed by atoms with Gasteiger partial charge in [-0.2, -0.15) is 0 Å². The number of nitrogens with zero attached hydrogens (tertiary/aromatic N) is 1.